The van der Waals surface area contributed by atoms with E-state index in [-0.39, 0.29) is 45.3 Å². The van der Waals surface area contributed by atoms with Crippen LogP contribution in [0.15, 0.2) is 18.2 Å². The molecule has 1 saturated heterocycles. The van der Waals surface area contributed by atoms with Crippen molar-refractivity contribution in [3.63, 3.8) is 0 Å². The Kier molecular flexibility index (Phi) is 5.44. The van der Waals surface area contributed by atoms with Gasteiger partial charge in [0.25, 0.3) is 0 Å². The molecular weight excluding hydrogens is 472 g/mol. The second-order valence-electron chi connectivity index (χ2n) is 9.06. The van der Waals surface area contributed by atoms with E-state index in [4.69, 9.17) is 23.7 Å². The van der Waals surface area contributed by atoms with Gasteiger partial charge in [-0.3, -0.25) is 24.0 Å². The standard InChI is InChI=1S/C26H22O10/c1-11(27)32-14-8-15-20(18(9-14)33-12(2)28)24(31)21-16(23(15)30)10-19-22(25(21)34-13(3)29)17-6-5-7-26(4,35-17)36-19/h8-10,17H,5-7H2,1-4H3/t17-,26+/m1/s1. The lowest BCUT2D eigenvalue weighted by Crippen LogP contribution is -2.44. The molecule has 0 radical (unpaired) electrons. The molecule has 0 saturated carbocycles. The van der Waals surface area contributed by atoms with Gasteiger partial charge in [0, 0.05) is 51.3 Å². The Morgan fingerprint density at radius 3 is 2.22 bits per heavy atom. The van der Waals surface area contributed by atoms with Gasteiger partial charge in [-0.15, -0.1) is 0 Å². The van der Waals surface area contributed by atoms with Gasteiger partial charge in [0.2, 0.25) is 11.6 Å². The topological polar surface area (TPSA) is 132 Å². The zero-order valence-corrected chi connectivity index (χ0v) is 20.0. The molecule has 0 amide bonds. The van der Waals surface area contributed by atoms with Crippen molar-refractivity contribution in [3.05, 3.63) is 46.0 Å². The Hall–Kier alpha value is -4.05. The second kappa shape index (κ2) is 8.27. The van der Waals surface area contributed by atoms with Gasteiger partial charge in [-0.2, -0.15) is 0 Å². The van der Waals surface area contributed by atoms with Crippen molar-refractivity contribution in [2.45, 2.75) is 58.8 Å². The van der Waals surface area contributed by atoms with Crippen molar-refractivity contribution >= 4 is 29.5 Å². The Balaban J connectivity index is 1.78. The summed E-state index contributed by atoms with van der Waals surface area (Å²) in [4.78, 5) is 63.0. The summed E-state index contributed by atoms with van der Waals surface area (Å²) in [5.74, 6) is -4.55. The molecule has 1 fully saturated rings. The molecule has 2 atom stereocenters. The van der Waals surface area contributed by atoms with Gasteiger partial charge in [0.1, 0.15) is 17.2 Å². The van der Waals surface area contributed by atoms with Crippen LogP contribution in [0.25, 0.3) is 0 Å². The van der Waals surface area contributed by atoms with Crippen LogP contribution in [0.2, 0.25) is 0 Å². The second-order valence-corrected chi connectivity index (χ2v) is 9.06. The summed E-state index contributed by atoms with van der Waals surface area (Å²) < 4.78 is 28.0. The van der Waals surface area contributed by atoms with Crippen molar-refractivity contribution in [1.29, 1.82) is 0 Å². The normalized spacial score (nSPS) is 21.4. The highest BCUT2D eigenvalue weighted by Gasteiger charge is 2.47. The number of carbonyl (C=O) groups is 5. The van der Waals surface area contributed by atoms with Crippen LogP contribution < -0.4 is 18.9 Å². The van der Waals surface area contributed by atoms with E-state index in [9.17, 15) is 24.0 Å². The smallest absolute Gasteiger partial charge is 0.308 e. The quantitative estimate of drug-likeness (QED) is 0.393. The average Bonchev–Trinajstić information content (AvgIpc) is 2.75. The first-order valence-electron chi connectivity index (χ1n) is 11.4. The molecule has 2 aliphatic heterocycles. The molecule has 10 nitrogen and oxygen atoms in total. The molecule has 0 aromatic heterocycles. The van der Waals surface area contributed by atoms with Gasteiger partial charge >= 0.3 is 17.9 Å². The molecule has 5 rings (SSSR count). The number of benzene rings is 2. The first-order valence-corrected chi connectivity index (χ1v) is 11.4. The molecule has 2 bridgehead atoms. The van der Waals surface area contributed by atoms with E-state index in [2.05, 4.69) is 0 Å². The molecule has 36 heavy (non-hydrogen) atoms. The minimum Gasteiger partial charge on any atom is -0.462 e. The van der Waals surface area contributed by atoms with Crippen LogP contribution in [0.3, 0.4) is 0 Å². The van der Waals surface area contributed by atoms with Gasteiger partial charge < -0.3 is 23.7 Å². The van der Waals surface area contributed by atoms with E-state index in [1.807, 2.05) is 0 Å². The van der Waals surface area contributed by atoms with Crippen LogP contribution in [-0.2, 0) is 19.1 Å². The lowest BCUT2D eigenvalue weighted by molar-refractivity contribution is -0.243. The Morgan fingerprint density at radius 1 is 0.889 bits per heavy atom. The lowest BCUT2D eigenvalue weighted by atomic mass is 9.80. The summed E-state index contributed by atoms with van der Waals surface area (Å²) in [6, 6.07) is 3.86. The minimum atomic E-state index is -0.928. The van der Waals surface area contributed by atoms with E-state index in [1.54, 1.807) is 6.92 Å². The van der Waals surface area contributed by atoms with Crippen LogP contribution >= 0.6 is 0 Å². The monoisotopic (exact) mass is 494 g/mol. The van der Waals surface area contributed by atoms with E-state index < -0.39 is 41.4 Å². The Morgan fingerprint density at radius 2 is 1.56 bits per heavy atom. The molecular formula is C26H22O10. The van der Waals surface area contributed by atoms with E-state index in [1.165, 1.54) is 32.0 Å². The third-order valence-corrected chi connectivity index (χ3v) is 6.20. The third kappa shape index (κ3) is 3.83. The molecule has 0 N–H and O–H groups in total. The molecule has 2 aromatic carbocycles. The maximum absolute atomic E-state index is 13.9. The Bertz CT molecular complexity index is 1390. The molecule has 3 aliphatic rings. The van der Waals surface area contributed by atoms with Crippen LogP contribution in [-0.4, -0.2) is 35.3 Å². The summed E-state index contributed by atoms with van der Waals surface area (Å²) in [6.07, 6.45) is 1.48. The van der Waals surface area contributed by atoms with Gasteiger partial charge in [0.15, 0.2) is 11.5 Å². The number of rotatable bonds is 3. The zero-order valence-electron chi connectivity index (χ0n) is 20.0. The van der Waals surface area contributed by atoms with Crippen LogP contribution in [0.4, 0.5) is 0 Å². The van der Waals surface area contributed by atoms with Crippen LogP contribution in [0.5, 0.6) is 23.0 Å². The SMILES string of the molecule is CC(=O)Oc1cc(OC(C)=O)c2c(c1)C(=O)c1cc3c(c(OC(C)=O)c1C2=O)[C@H]1CCC[C@](C)(O3)O1. The highest BCUT2D eigenvalue weighted by Crippen LogP contribution is 2.53. The average molecular weight is 494 g/mol. The lowest BCUT2D eigenvalue weighted by Gasteiger charge is -2.44. The largest absolute Gasteiger partial charge is 0.462 e. The molecule has 0 spiro atoms. The molecule has 10 heteroatoms. The van der Waals surface area contributed by atoms with Crippen molar-refractivity contribution in [2.75, 3.05) is 0 Å². The van der Waals surface area contributed by atoms with Gasteiger partial charge in [0.05, 0.1) is 22.8 Å². The van der Waals surface area contributed by atoms with E-state index in [0.717, 1.165) is 13.3 Å². The molecule has 186 valence electrons. The summed E-state index contributed by atoms with van der Waals surface area (Å²) in [6.45, 7) is 5.26. The van der Waals surface area contributed by atoms with Crippen molar-refractivity contribution in [3.8, 4) is 23.0 Å². The maximum atomic E-state index is 13.9. The predicted octanol–water partition coefficient (Wildman–Crippen LogP) is 3.59. The third-order valence-electron chi connectivity index (χ3n) is 6.20. The molecule has 2 heterocycles. The Labute approximate surface area is 205 Å². The number of carbonyl (C=O) groups excluding carboxylic acids is 5. The predicted molar refractivity (Wildman–Crippen MR) is 120 cm³/mol. The van der Waals surface area contributed by atoms with Gasteiger partial charge in [-0.05, 0) is 25.0 Å². The summed E-state index contributed by atoms with van der Waals surface area (Å²) in [7, 11) is 0. The molecule has 0 unspecified atom stereocenters. The van der Waals surface area contributed by atoms with Crippen molar-refractivity contribution in [1.82, 2.24) is 0 Å². The fourth-order valence-corrected chi connectivity index (χ4v) is 4.97. The summed E-state index contributed by atoms with van der Waals surface area (Å²) in [5, 5.41) is 0. The summed E-state index contributed by atoms with van der Waals surface area (Å²) >= 11 is 0. The van der Waals surface area contributed by atoms with Crippen LogP contribution in [0.1, 0.15) is 90.5 Å². The molecule has 2 aromatic rings. The zero-order chi connectivity index (χ0) is 25.9. The first kappa shape index (κ1) is 23.7. The number of hydrogen-bond acceptors (Lipinski definition) is 10. The van der Waals surface area contributed by atoms with E-state index in [0.29, 0.717) is 18.4 Å². The maximum Gasteiger partial charge on any atom is 0.308 e. The van der Waals surface area contributed by atoms with Crippen molar-refractivity contribution in [2.24, 2.45) is 0 Å². The summed E-state index contributed by atoms with van der Waals surface area (Å²) in [5.41, 5.74) is -0.180. The fourth-order valence-electron chi connectivity index (χ4n) is 4.97. The number of hydrogen-bond donors (Lipinski definition) is 0. The fraction of sp³-hybridized carbons (Fsp3) is 0.346. The first-order chi connectivity index (χ1) is 17.0. The number of fused-ring (bicyclic) bond motifs is 6. The number of ether oxygens (including phenoxy) is 5. The van der Waals surface area contributed by atoms with Crippen LogP contribution in [0, 0.1) is 0 Å². The van der Waals surface area contributed by atoms with E-state index >= 15 is 0 Å². The highest BCUT2D eigenvalue weighted by molar-refractivity contribution is 6.31. The van der Waals surface area contributed by atoms with Gasteiger partial charge in [-0.25, -0.2) is 0 Å². The van der Waals surface area contributed by atoms with Crippen molar-refractivity contribution < 1.29 is 47.7 Å². The minimum absolute atomic E-state index is 0.0557. The number of esters is 3. The highest BCUT2D eigenvalue weighted by atomic mass is 16.7. The molecule has 1 aliphatic carbocycles. The van der Waals surface area contributed by atoms with Gasteiger partial charge in [-0.1, -0.05) is 0 Å². The number of ketones is 2.